The Morgan fingerprint density at radius 1 is 0.933 bits per heavy atom. The molecule has 3 aromatic heterocycles. The summed E-state index contributed by atoms with van der Waals surface area (Å²) < 4.78 is 3.76. The zero-order valence-corrected chi connectivity index (χ0v) is 17.0. The molecule has 0 N–H and O–H groups in total. The van der Waals surface area contributed by atoms with Crippen LogP contribution in [0.1, 0.15) is 22.6 Å². The van der Waals surface area contributed by atoms with E-state index in [1.165, 1.54) is 0 Å². The molecule has 0 amide bonds. The third kappa shape index (κ3) is 2.36. The number of hydrogen-bond donors (Lipinski definition) is 0. The van der Waals surface area contributed by atoms with Crippen LogP contribution in [-0.2, 0) is 0 Å². The zero-order chi connectivity index (χ0) is 20.4. The molecule has 0 unspecified atom stereocenters. The second kappa shape index (κ2) is 6.09. The normalized spacial score (nSPS) is 15.2. The first kappa shape index (κ1) is 17.1. The molecule has 0 fully saturated rings. The molecule has 1 aromatic carbocycles. The van der Waals surface area contributed by atoms with Gasteiger partial charge in [0.15, 0.2) is 11.5 Å². The van der Waals surface area contributed by atoms with Crippen molar-refractivity contribution < 1.29 is 0 Å². The van der Waals surface area contributed by atoms with Crippen LogP contribution in [0.5, 0.6) is 0 Å². The molecular weight excluding hydrogens is 376 g/mol. The molecule has 0 spiro atoms. The van der Waals surface area contributed by atoms with Crippen molar-refractivity contribution in [2.45, 2.75) is 20.8 Å². The van der Waals surface area contributed by atoms with E-state index in [0.717, 1.165) is 64.3 Å². The molecule has 6 rings (SSSR count). The van der Waals surface area contributed by atoms with Crippen LogP contribution in [0.15, 0.2) is 52.4 Å². The van der Waals surface area contributed by atoms with Gasteiger partial charge in [-0.25, -0.2) is 14.3 Å². The molecule has 0 radical (unpaired) electrons. The summed E-state index contributed by atoms with van der Waals surface area (Å²) in [5, 5.41) is 10.4. The smallest absolute Gasteiger partial charge is 0.234 e. The molecule has 4 aromatic rings. The number of aromatic nitrogens is 5. The van der Waals surface area contributed by atoms with Gasteiger partial charge in [0, 0.05) is 17.6 Å². The molecule has 0 aliphatic carbocycles. The number of para-hydroxylation sites is 1. The minimum atomic E-state index is 0.652. The average molecular weight is 396 g/mol. The summed E-state index contributed by atoms with van der Waals surface area (Å²) in [5.41, 5.74) is 5.64. The number of aryl methyl sites for hydroxylation is 3. The Bertz CT molecular complexity index is 1370. The molecule has 5 heterocycles. The number of nitrogens with zero attached hydrogens (tertiary/aromatic N) is 8. The van der Waals surface area contributed by atoms with Gasteiger partial charge in [0.05, 0.1) is 29.2 Å². The highest BCUT2D eigenvalue weighted by molar-refractivity contribution is 6.16. The van der Waals surface area contributed by atoms with Gasteiger partial charge in [-0.1, -0.05) is 18.2 Å². The fourth-order valence-electron chi connectivity index (χ4n) is 4.19. The molecule has 0 saturated carbocycles. The number of pyridine rings is 1. The lowest BCUT2D eigenvalue weighted by Gasteiger charge is -2.27. The predicted molar refractivity (Wildman–Crippen MR) is 116 cm³/mol. The molecule has 0 bridgehead atoms. The van der Waals surface area contributed by atoms with Crippen LogP contribution in [0, 0.1) is 20.8 Å². The van der Waals surface area contributed by atoms with E-state index < -0.39 is 0 Å². The highest BCUT2D eigenvalue weighted by Gasteiger charge is 2.33. The maximum absolute atomic E-state index is 4.95. The number of fused-ring (bicyclic) bond motifs is 4. The summed E-state index contributed by atoms with van der Waals surface area (Å²) in [5.74, 6) is 2.31. The number of aliphatic imine (C=N–C) groups is 2. The third-order valence-corrected chi connectivity index (χ3v) is 5.55. The molecular formula is C22H20N8. The fraction of sp³-hybridized carbons (Fsp3) is 0.227. The monoisotopic (exact) mass is 396 g/mol. The van der Waals surface area contributed by atoms with Crippen molar-refractivity contribution in [3.8, 4) is 5.69 Å². The number of hydrogen-bond acceptors (Lipinski definition) is 6. The molecule has 8 heteroatoms. The summed E-state index contributed by atoms with van der Waals surface area (Å²) in [6.07, 6.45) is 0. The van der Waals surface area contributed by atoms with Gasteiger partial charge in [-0.05, 0) is 45.0 Å². The van der Waals surface area contributed by atoms with Crippen molar-refractivity contribution in [1.29, 1.82) is 0 Å². The van der Waals surface area contributed by atoms with Gasteiger partial charge in [-0.15, -0.1) is 0 Å². The summed E-state index contributed by atoms with van der Waals surface area (Å²) in [6, 6.07) is 14.2. The highest BCUT2D eigenvalue weighted by Crippen LogP contribution is 2.32. The highest BCUT2D eigenvalue weighted by atomic mass is 15.5. The van der Waals surface area contributed by atoms with E-state index in [4.69, 9.17) is 20.1 Å². The molecule has 0 saturated heterocycles. The zero-order valence-electron chi connectivity index (χ0n) is 17.0. The van der Waals surface area contributed by atoms with Crippen LogP contribution in [0.3, 0.4) is 0 Å². The van der Waals surface area contributed by atoms with E-state index in [1.54, 1.807) is 0 Å². The van der Waals surface area contributed by atoms with E-state index in [2.05, 4.69) is 22.1 Å². The van der Waals surface area contributed by atoms with E-state index in [0.29, 0.717) is 5.82 Å². The second-order valence-corrected chi connectivity index (χ2v) is 7.67. The maximum atomic E-state index is 4.95. The van der Waals surface area contributed by atoms with Crippen LogP contribution < -0.4 is 0 Å². The molecule has 8 nitrogen and oxygen atoms in total. The van der Waals surface area contributed by atoms with Gasteiger partial charge in [-0.2, -0.15) is 15.2 Å². The number of rotatable bonds is 1. The first-order valence-electron chi connectivity index (χ1n) is 10.0. The van der Waals surface area contributed by atoms with Gasteiger partial charge >= 0.3 is 0 Å². The molecule has 148 valence electrons. The minimum absolute atomic E-state index is 0.652. The Kier molecular flexibility index (Phi) is 3.47. The Labute approximate surface area is 173 Å². The lowest BCUT2D eigenvalue weighted by Crippen LogP contribution is -2.42. The van der Waals surface area contributed by atoms with Crippen molar-refractivity contribution >= 4 is 28.6 Å². The molecule has 0 atom stereocenters. The Morgan fingerprint density at radius 2 is 1.77 bits per heavy atom. The standard InChI is InChI=1S/C22H20N8/c1-13-11-14(2)29(26-13)22-25-19-18(20-23-9-10-28(20)22)12-17-15(3)27-30(21(17)24-19)16-7-5-4-6-8-16/h4-8,11-12H,9-10H2,1-3H3. The Hall–Kier alpha value is -3.81. The van der Waals surface area contributed by atoms with Crippen LogP contribution in [0.25, 0.3) is 16.7 Å². The van der Waals surface area contributed by atoms with Crippen LogP contribution >= 0.6 is 0 Å². The summed E-state index contributed by atoms with van der Waals surface area (Å²) in [4.78, 5) is 16.8. The fourth-order valence-corrected chi connectivity index (χ4v) is 4.19. The average Bonchev–Trinajstić information content (AvgIpc) is 3.44. The lowest BCUT2D eigenvalue weighted by molar-refractivity contribution is 0.613. The first-order chi connectivity index (χ1) is 14.6. The summed E-state index contributed by atoms with van der Waals surface area (Å²) >= 11 is 0. The van der Waals surface area contributed by atoms with Crippen molar-refractivity contribution in [3.05, 3.63) is 65.1 Å². The van der Waals surface area contributed by atoms with Crippen LogP contribution in [-0.4, -0.2) is 54.3 Å². The van der Waals surface area contributed by atoms with Crippen molar-refractivity contribution in [2.75, 3.05) is 13.1 Å². The summed E-state index contributed by atoms with van der Waals surface area (Å²) in [7, 11) is 0. The lowest BCUT2D eigenvalue weighted by atomic mass is 10.1. The SMILES string of the molecule is Cc1cc(C)n(C2=Nc3nc4c(cc3C3=NCCN32)c(C)nn4-c2ccccc2)n1. The largest absolute Gasteiger partial charge is 0.293 e. The van der Waals surface area contributed by atoms with Crippen LogP contribution in [0.2, 0.25) is 0 Å². The van der Waals surface area contributed by atoms with Crippen LogP contribution in [0.4, 0.5) is 5.82 Å². The van der Waals surface area contributed by atoms with Gasteiger partial charge in [0.25, 0.3) is 0 Å². The van der Waals surface area contributed by atoms with Gasteiger partial charge in [0.2, 0.25) is 5.96 Å². The Balaban J connectivity index is 1.62. The van der Waals surface area contributed by atoms with E-state index in [-0.39, 0.29) is 0 Å². The Morgan fingerprint density at radius 3 is 2.53 bits per heavy atom. The van der Waals surface area contributed by atoms with E-state index >= 15 is 0 Å². The van der Waals surface area contributed by atoms with Crippen molar-refractivity contribution in [3.63, 3.8) is 0 Å². The first-order valence-corrected chi connectivity index (χ1v) is 10.0. The van der Waals surface area contributed by atoms with E-state index in [1.807, 2.05) is 60.5 Å². The van der Waals surface area contributed by atoms with Crippen molar-refractivity contribution in [1.82, 2.24) is 29.4 Å². The minimum Gasteiger partial charge on any atom is -0.293 e. The van der Waals surface area contributed by atoms with Gasteiger partial charge < -0.3 is 0 Å². The molecule has 2 aliphatic heterocycles. The topological polar surface area (TPSA) is 76.5 Å². The third-order valence-electron chi connectivity index (χ3n) is 5.55. The second-order valence-electron chi connectivity index (χ2n) is 7.67. The number of amidine groups is 1. The van der Waals surface area contributed by atoms with Crippen molar-refractivity contribution in [2.24, 2.45) is 9.98 Å². The van der Waals surface area contributed by atoms with Gasteiger partial charge in [0.1, 0.15) is 5.84 Å². The van der Waals surface area contributed by atoms with E-state index in [9.17, 15) is 0 Å². The quantitative estimate of drug-likeness (QED) is 0.495. The van der Waals surface area contributed by atoms with Gasteiger partial charge in [-0.3, -0.25) is 9.89 Å². The molecule has 30 heavy (non-hydrogen) atoms. The predicted octanol–water partition coefficient (Wildman–Crippen LogP) is 3.15. The molecule has 2 aliphatic rings. The summed E-state index contributed by atoms with van der Waals surface area (Å²) in [6.45, 7) is 7.55. The maximum Gasteiger partial charge on any atom is 0.234 e. The number of benzene rings is 1.